The molecule has 1 heterocycles. The van der Waals surface area contributed by atoms with Gasteiger partial charge in [-0.3, -0.25) is 4.90 Å². The molecule has 3 nitrogen and oxygen atoms in total. The zero-order chi connectivity index (χ0) is 13.0. The third kappa shape index (κ3) is 2.97. The Morgan fingerprint density at radius 2 is 2.11 bits per heavy atom. The predicted octanol–water partition coefficient (Wildman–Crippen LogP) is 2.70. The third-order valence-electron chi connectivity index (χ3n) is 3.54. The van der Waals surface area contributed by atoms with Gasteiger partial charge in [0.2, 0.25) is 0 Å². The van der Waals surface area contributed by atoms with E-state index in [1.54, 1.807) is 7.11 Å². The maximum absolute atomic E-state index is 6.21. The van der Waals surface area contributed by atoms with Gasteiger partial charge in [0.15, 0.2) is 0 Å². The predicted molar refractivity (Wildman–Crippen MR) is 75.5 cm³/mol. The largest absolute Gasteiger partial charge is 0.495 e. The molecule has 2 rings (SSSR count). The van der Waals surface area contributed by atoms with E-state index in [0.717, 1.165) is 38.3 Å². The van der Waals surface area contributed by atoms with Crippen molar-refractivity contribution in [2.75, 3.05) is 33.3 Å². The number of piperazine rings is 1. The lowest BCUT2D eigenvalue weighted by Crippen LogP contribution is -2.45. The summed E-state index contributed by atoms with van der Waals surface area (Å²) in [6, 6.07) is 6.58. The molecule has 4 heteroatoms. The van der Waals surface area contributed by atoms with Gasteiger partial charge >= 0.3 is 0 Å². The second-order valence-corrected chi connectivity index (χ2v) is 5.01. The second kappa shape index (κ2) is 6.41. The van der Waals surface area contributed by atoms with E-state index in [1.165, 1.54) is 5.56 Å². The first-order valence-electron chi connectivity index (χ1n) is 6.54. The number of hydrogen-bond donors (Lipinski definition) is 1. The molecule has 0 aliphatic carbocycles. The van der Waals surface area contributed by atoms with Crippen molar-refractivity contribution < 1.29 is 4.74 Å². The van der Waals surface area contributed by atoms with Crippen molar-refractivity contribution in [2.45, 2.75) is 19.4 Å². The lowest BCUT2D eigenvalue weighted by atomic mass is 10.0. The highest BCUT2D eigenvalue weighted by Gasteiger charge is 2.21. The Morgan fingerprint density at radius 1 is 1.39 bits per heavy atom. The summed E-state index contributed by atoms with van der Waals surface area (Å²) in [7, 11) is 1.65. The Balaban J connectivity index is 2.18. The Labute approximate surface area is 114 Å². The Bertz CT molecular complexity index is 391. The van der Waals surface area contributed by atoms with Crippen LogP contribution in [0.1, 0.15) is 24.9 Å². The lowest BCUT2D eigenvalue weighted by Gasteiger charge is -2.34. The van der Waals surface area contributed by atoms with Crippen LogP contribution in [-0.4, -0.2) is 38.2 Å². The minimum absolute atomic E-state index is 0.454. The van der Waals surface area contributed by atoms with Crippen molar-refractivity contribution in [1.82, 2.24) is 10.2 Å². The average molecular weight is 269 g/mol. The van der Waals surface area contributed by atoms with E-state index in [4.69, 9.17) is 16.3 Å². The topological polar surface area (TPSA) is 24.5 Å². The molecule has 0 spiro atoms. The molecule has 0 aromatic heterocycles. The van der Waals surface area contributed by atoms with Crippen LogP contribution < -0.4 is 10.1 Å². The van der Waals surface area contributed by atoms with Crippen LogP contribution in [0.4, 0.5) is 0 Å². The highest BCUT2D eigenvalue weighted by molar-refractivity contribution is 6.32. The van der Waals surface area contributed by atoms with Crippen LogP contribution >= 0.6 is 11.6 Å². The van der Waals surface area contributed by atoms with Gasteiger partial charge in [-0.15, -0.1) is 0 Å². The minimum Gasteiger partial charge on any atom is -0.495 e. The molecule has 1 N–H and O–H groups in total. The molecule has 1 aromatic carbocycles. The van der Waals surface area contributed by atoms with Crippen LogP contribution in [0.5, 0.6) is 5.75 Å². The fourth-order valence-electron chi connectivity index (χ4n) is 2.59. The molecule has 1 aromatic rings. The number of methoxy groups -OCH3 is 1. The van der Waals surface area contributed by atoms with Crippen LogP contribution in [0.25, 0.3) is 0 Å². The van der Waals surface area contributed by atoms with Gasteiger partial charge in [-0.05, 0) is 24.1 Å². The first-order chi connectivity index (χ1) is 8.76. The summed E-state index contributed by atoms with van der Waals surface area (Å²) in [4.78, 5) is 2.52. The molecule has 1 unspecified atom stereocenters. The van der Waals surface area contributed by atoms with Crippen LogP contribution in [0.3, 0.4) is 0 Å². The smallest absolute Gasteiger partial charge is 0.137 e. The van der Waals surface area contributed by atoms with Crippen molar-refractivity contribution in [1.29, 1.82) is 0 Å². The number of benzene rings is 1. The molecule has 0 amide bonds. The maximum atomic E-state index is 6.21. The minimum atomic E-state index is 0.454. The van der Waals surface area contributed by atoms with E-state index in [-0.39, 0.29) is 0 Å². The summed E-state index contributed by atoms with van der Waals surface area (Å²) < 4.78 is 5.20. The molecule has 100 valence electrons. The molecule has 0 radical (unpaired) electrons. The molecule has 0 bridgehead atoms. The van der Waals surface area contributed by atoms with E-state index in [0.29, 0.717) is 11.1 Å². The number of nitrogens with one attached hydrogen (secondary N) is 1. The average Bonchev–Trinajstić information content (AvgIpc) is 2.41. The van der Waals surface area contributed by atoms with Gasteiger partial charge in [0, 0.05) is 32.2 Å². The fourth-order valence-corrected chi connectivity index (χ4v) is 2.85. The van der Waals surface area contributed by atoms with Gasteiger partial charge in [0.05, 0.1) is 12.1 Å². The summed E-state index contributed by atoms with van der Waals surface area (Å²) in [6.07, 6.45) is 1.10. The number of rotatable bonds is 4. The number of halogens is 1. The van der Waals surface area contributed by atoms with Crippen molar-refractivity contribution in [2.24, 2.45) is 0 Å². The molecular formula is C14H21ClN2O. The summed E-state index contributed by atoms with van der Waals surface area (Å²) >= 11 is 6.21. The summed E-state index contributed by atoms with van der Waals surface area (Å²) in [6.45, 7) is 6.57. The van der Waals surface area contributed by atoms with Crippen LogP contribution in [-0.2, 0) is 0 Å². The molecule has 1 fully saturated rings. The van der Waals surface area contributed by atoms with Gasteiger partial charge in [0.25, 0.3) is 0 Å². The molecule has 0 saturated carbocycles. The summed E-state index contributed by atoms with van der Waals surface area (Å²) in [5.41, 5.74) is 1.28. The maximum Gasteiger partial charge on any atom is 0.137 e. The van der Waals surface area contributed by atoms with Crippen LogP contribution in [0.15, 0.2) is 18.2 Å². The quantitative estimate of drug-likeness (QED) is 0.909. The Kier molecular flexibility index (Phi) is 4.87. The standard InChI is InChI=1S/C14H21ClN2O/c1-3-13(17-8-6-16-7-9-17)11-4-5-14(18-2)12(15)10-11/h4-5,10,13,16H,3,6-9H2,1-2H3. The second-order valence-electron chi connectivity index (χ2n) is 4.60. The van der Waals surface area contributed by atoms with Gasteiger partial charge in [-0.2, -0.15) is 0 Å². The first kappa shape index (κ1) is 13.7. The van der Waals surface area contributed by atoms with Gasteiger partial charge < -0.3 is 10.1 Å². The van der Waals surface area contributed by atoms with E-state index >= 15 is 0 Å². The van der Waals surface area contributed by atoms with Gasteiger partial charge in [-0.1, -0.05) is 24.6 Å². The highest BCUT2D eigenvalue weighted by Crippen LogP contribution is 2.31. The summed E-state index contributed by atoms with van der Waals surface area (Å²) in [5, 5.41) is 4.08. The van der Waals surface area contributed by atoms with Crippen LogP contribution in [0, 0.1) is 0 Å². The Hall–Kier alpha value is -0.770. The Morgan fingerprint density at radius 3 is 2.67 bits per heavy atom. The molecule has 1 aliphatic rings. The van der Waals surface area contributed by atoms with E-state index in [2.05, 4.69) is 23.2 Å². The van der Waals surface area contributed by atoms with Crippen molar-refractivity contribution >= 4 is 11.6 Å². The van der Waals surface area contributed by atoms with Crippen molar-refractivity contribution in [3.8, 4) is 5.75 Å². The first-order valence-corrected chi connectivity index (χ1v) is 6.92. The number of hydrogen-bond acceptors (Lipinski definition) is 3. The molecule has 1 saturated heterocycles. The SMILES string of the molecule is CCC(c1ccc(OC)c(Cl)c1)N1CCNCC1. The molecule has 1 atom stereocenters. The highest BCUT2D eigenvalue weighted by atomic mass is 35.5. The lowest BCUT2D eigenvalue weighted by molar-refractivity contribution is 0.169. The van der Waals surface area contributed by atoms with Gasteiger partial charge in [0.1, 0.15) is 5.75 Å². The summed E-state index contributed by atoms with van der Waals surface area (Å²) in [5.74, 6) is 0.746. The zero-order valence-corrected chi connectivity index (χ0v) is 11.8. The molecular weight excluding hydrogens is 248 g/mol. The van der Waals surface area contributed by atoms with Crippen molar-refractivity contribution in [3.63, 3.8) is 0 Å². The fraction of sp³-hybridized carbons (Fsp3) is 0.571. The number of nitrogens with zero attached hydrogens (tertiary/aromatic N) is 1. The van der Waals surface area contributed by atoms with E-state index < -0.39 is 0 Å². The van der Waals surface area contributed by atoms with Gasteiger partial charge in [-0.25, -0.2) is 0 Å². The van der Waals surface area contributed by atoms with Crippen LogP contribution in [0.2, 0.25) is 5.02 Å². The van der Waals surface area contributed by atoms with Crippen molar-refractivity contribution in [3.05, 3.63) is 28.8 Å². The zero-order valence-electron chi connectivity index (χ0n) is 11.1. The third-order valence-corrected chi connectivity index (χ3v) is 3.84. The van der Waals surface area contributed by atoms with E-state index in [9.17, 15) is 0 Å². The normalized spacial score (nSPS) is 18.6. The molecule has 18 heavy (non-hydrogen) atoms. The molecule has 1 aliphatic heterocycles. The van der Waals surface area contributed by atoms with E-state index in [1.807, 2.05) is 12.1 Å². The number of ether oxygens (including phenoxy) is 1. The monoisotopic (exact) mass is 268 g/mol.